The van der Waals surface area contributed by atoms with Crippen molar-refractivity contribution >= 4 is 29.4 Å². The summed E-state index contributed by atoms with van der Waals surface area (Å²) >= 11 is 0. The van der Waals surface area contributed by atoms with Crippen molar-refractivity contribution in [2.75, 3.05) is 36.5 Å². The van der Waals surface area contributed by atoms with Crippen LogP contribution in [-0.2, 0) is 20.7 Å². The van der Waals surface area contributed by atoms with Gasteiger partial charge < -0.3 is 19.7 Å². The first-order chi connectivity index (χ1) is 12.9. The second-order valence-corrected chi connectivity index (χ2v) is 7.58. The van der Waals surface area contributed by atoms with Gasteiger partial charge in [0.1, 0.15) is 17.3 Å². The van der Waals surface area contributed by atoms with Gasteiger partial charge in [0, 0.05) is 37.4 Å². The normalized spacial score (nSPS) is 23.1. The Kier molecular flexibility index (Phi) is 4.47. The number of dihydropyridines is 1. The molecule has 3 aliphatic heterocycles. The Balaban J connectivity index is 1.66. The predicted octanol–water partition coefficient (Wildman–Crippen LogP) is 1.96. The second kappa shape index (κ2) is 6.81. The molecule has 1 saturated heterocycles. The van der Waals surface area contributed by atoms with E-state index < -0.39 is 11.8 Å². The first kappa shape index (κ1) is 17.7. The highest BCUT2D eigenvalue weighted by Gasteiger charge is 2.33. The lowest BCUT2D eigenvalue weighted by Gasteiger charge is -2.31. The highest BCUT2D eigenvalue weighted by atomic mass is 16.5. The number of carbonyl (C=O) groups is 2. The lowest BCUT2D eigenvalue weighted by Crippen LogP contribution is -2.37. The highest BCUT2D eigenvalue weighted by molar-refractivity contribution is 6.12. The number of carbonyl (C=O) groups excluding carboxylic acids is 2. The summed E-state index contributed by atoms with van der Waals surface area (Å²) < 4.78 is 11.5. The third-order valence-corrected chi connectivity index (χ3v) is 4.93. The zero-order valence-corrected chi connectivity index (χ0v) is 15.5. The maximum atomic E-state index is 12.7. The van der Waals surface area contributed by atoms with Gasteiger partial charge in [-0.15, -0.1) is 0 Å². The Hall–Kier alpha value is -2.67. The summed E-state index contributed by atoms with van der Waals surface area (Å²) in [5, 5.41) is 2.94. The number of amides is 2. The molecule has 1 atom stereocenters. The van der Waals surface area contributed by atoms with Crippen molar-refractivity contribution in [2.45, 2.75) is 25.9 Å². The van der Waals surface area contributed by atoms with Crippen LogP contribution in [-0.4, -0.2) is 49.9 Å². The number of hydrogen-bond donors (Lipinski definition) is 1. The molecule has 7 heteroatoms. The summed E-state index contributed by atoms with van der Waals surface area (Å²) in [6, 6.07) is 3.95. The van der Waals surface area contributed by atoms with E-state index >= 15 is 0 Å². The van der Waals surface area contributed by atoms with Crippen LogP contribution in [0.1, 0.15) is 19.4 Å². The summed E-state index contributed by atoms with van der Waals surface area (Å²) in [6.07, 6.45) is 5.35. The van der Waals surface area contributed by atoms with E-state index in [2.05, 4.69) is 15.2 Å². The third-order valence-electron chi connectivity index (χ3n) is 4.93. The smallest absolute Gasteiger partial charge is 0.262 e. The van der Waals surface area contributed by atoms with E-state index in [9.17, 15) is 9.59 Å². The molecule has 0 radical (unpaired) electrons. The molecule has 142 valence electrons. The lowest BCUT2D eigenvalue weighted by atomic mass is 10.00. The van der Waals surface area contributed by atoms with Crippen LogP contribution in [0.3, 0.4) is 0 Å². The topological polar surface area (TPSA) is 80.2 Å². The van der Waals surface area contributed by atoms with E-state index in [0.717, 1.165) is 36.5 Å². The molecule has 1 unspecified atom stereocenters. The van der Waals surface area contributed by atoms with Crippen LogP contribution in [0.5, 0.6) is 5.75 Å². The zero-order valence-electron chi connectivity index (χ0n) is 15.5. The number of rotatable bonds is 3. The Labute approximate surface area is 158 Å². The largest absolute Gasteiger partial charge is 0.487 e. The summed E-state index contributed by atoms with van der Waals surface area (Å²) in [5.74, 6) is -0.875. The van der Waals surface area contributed by atoms with Gasteiger partial charge in [-0.05, 0) is 26.0 Å². The quantitative estimate of drug-likeness (QED) is 0.824. The monoisotopic (exact) mass is 369 g/mol. The Morgan fingerprint density at radius 3 is 2.81 bits per heavy atom. The van der Waals surface area contributed by atoms with Gasteiger partial charge in [0.05, 0.1) is 24.6 Å². The van der Waals surface area contributed by atoms with Crippen LogP contribution in [0.25, 0.3) is 0 Å². The van der Waals surface area contributed by atoms with E-state index in [1.807, 2.05) is 26.0 Å². The van der Waals surface area contributed by atoms with Gasteiger partial charge in [-0.1, -0.05) is 6.08 Å². The lowest BCUT2D eigenvalue weighted by molar-refractivity contribution is -0.128. The van der Waals surface area contributed by atoms with Crippen LogP contribution in [0.2, 0.25) is 0 Å². The molecule has 1 aromatic rings. The fourth-order valence-electron chi connectivity index (χ4n) is 3.66. The third kappa shape index (κ3) is 3.60. The van der Waals surface area contributed by atoms with E-state index in [-0.39, 0.29) is 11.5 Å². The molecule has 4 rings (SSSR count). The van der Waals surface area contributed by atoms with Crippen molar-refractivity contribution in [3.63, 3.8) is 0 Å². The second-order valence-electron chi connectivity index (χ2n) is 7.58. The Morgan fingerprint density at radius 2 is 2.07 bits per heavy atom. The van der Waals surface area contributed by atoms with Crippen molar-refractivity contribution in [3.8, 4) is 5.75 Å². The summed E-state index contributed by atoms with van der Waals surface area (Å²) in [6.45, 7) is 6.83. The van der Waals surface area contributed by atoms with Gasteiger partial charge in [0.2, 0.25) is 5.91 Å². The van der Waals surface area contributed by atoms with Crippen molar-refractivity contribution in [2.24, 2.45) is 10.9 Å². The average Bonchev–Trinajstić information content (AvgIpc) is 2.95. The number of nitrogens with one attached hydrogen (secondary N) is 1. The van der Waals surface area contributed by atoms with Crippen LogP contribution in [0.4, 0.5) is 11.4 Å². The van der Waals surface area contributed by atoms with Gasteiger partial charge in [-0.2, -0.15) is 0 Å². The van der Waals surface area contributed by atoms with E-state index in [1.165, 1.54) is 6.21 Å². The molecule has 1 aromatic carbocycles. The van der Waals surface area contributed by atoms with E-state index in [0.29, 0.717) is 18.9 Å². The number of benzene rings is 1. The SMILES string of the molecule is CC1(C)Cc2cc(NC(=O)C3C=CC=NC3=O)c(N3CCOCC3)cc2O1. The summed E-state index contributed by atoms with van der Waals surface area (Å²) in [4.78, 5) is 30.5. The molecule has 7 nitrogen and oxygen atoms in total. The molecule has 0 aromatic heterocycles. The Bertz CT molecular complexity index is 838. The minimum absolute atomic E-state index is 0.274. The fourth-order valence-corrected chi connectivity index (χ4v) is 3.66. The van der Waals surface area contributed by atoms with E-state index in [4.69, 9.17) is 9.47 Å². The van der Waals surface area contributed by atoms with Gasteiger partial charge >= 0.3 is 0 Å². The minimum Gasteiger partial charge on any atom is -0.487 e. The highest BCUT2D eigenvalue weighted by Crippen LogP contribution is 2.42. The summed E-state index contributed by atoms with van der Waals surface area (Å²) in [5.41, 5.74) is 2.36. The van der Waals surface area contributed by atoms with Gasteiger partial charge in [0.15, 0.2) is 0 Å². The number of morpholine rings is 1. The maximum absolute atomic E-state index is 12.7. The maximum Gasteiger partial charge on any atom is 0.262 e. The molecule has 1 N–H and O–H groups in total. The molecular weight excluding hydrogens is 346 g/mol. The molecule has 3 aliphatic rings. The zero-order chi connectivity index (χ0) is 19.0. The molecule has 1 fully saturated rings. The van der Waals surface area contributed by atoms with E-state index in [1.54, 1.807) is 12.2 Å². The van der Waals surface area contributed by atoms with Crippen molar-refractivity contribution in [3.05, 3.63) is 29.8 Å². The molecule has 0 saturated carbocycles. The summed E-state index contributed by atoms with van der Waals surface area (Å²) in [7, 11) is 0. The number of anilines is 2. The first-order valence-electron chi connectivity index (χ1n) is 9.17. The molecule has 0 spiro atoms. The standard InChI is InChI=1S/C20H23N3O4/c1-20(2)12-13-10-15(22-19(25)14-4-3-5-21-18(14)24)16(11-17(13)27-20)23-6-8-26-9-7-23/h3-5,10-11,14H,6-9,12H2,1-2H3,(H,22,25). The average molecular weight is 369 g/mol. The van der Waals surface area contributed by atoms with Gasteiger partial charge in [0.25, 0.3) is 5.91 Å². The fraction of sp³-hybridized carbons (Fsp3) is 0.450. The predicted molar refractivity (Wildman–Crippen MR) is 103 cm³/mol. The van der Waals surface area contributed by atoms with Crippen LogP contribution < -0.4 is 15.0 Å². The number of nitrogens with zero attached hydrogens (tertiary/aromatic N) is 2. The number of ether oxygens (including phenoxy) is 2. The van der Waals surface area contributed by atoms with Gasteiger partial charge in [-0.25, -0.2) is 4.99 Å². The number of aliphatic imine (C=N–C) groups is 1. The minimum atomic E-state index is -0.895. The number of allylic oxidation sites excluding steroid dienone is 1. The van der Waals surface area contributed by atoms with Gasteiger partial charge in [-0.3, -0.25) is 9.59 Å². The van der Waals surface area contributed by atoms with Crippen LogP contribution in [0.15, 0.2) is 29.3 Å². The first-order valence-corrected chi connectivity index (χ1v) is 9.17. The van der Waals surface area contributed by atoms with Crippen molar-refractivity contribution < 1.29 is 19.1 Å². The van der Waals surface area contributed by atoms with Crippen molar-refractivity contribution in [1.82, 2.24) is 0 Å². The Morgan fingerprint density at radius 1 is 1.30 bits per heavy atom. The number of hydrogen-bond acceptors (Lipinski definition) is 5. The molecule has 0 bridgehead atoms. The van der Waals surface area contributed by atoms with Crippen molar-refractivity contribution in [1.29, 1.82) is 0 Å². The molecule has 2 amide bonds. The van der Waals surface area contributed by atoms with Crippen LogP contribution in [0, 0.1) is 5.92 Å². The van der Waals surface area contributed by atoms with Crippen LogP contribution >= 0.6 is 0 Å². The molecule has 3 heterocycles. The molecular formula is C20H23N3O4. The number of fused-ring (bicyclic) bond motifs is 1. The molecule has 27 heavy (non-hydrogen) atoms. The molecule has 0 aliphatic carbocycles.